The van der Waals surface area contributed by atoms with Crippen LogP contribution in [0.25, 0.3) is 0 Å². The van der Waals surface area contributed by atoms with Crippen molar-refractivity contribution in [3.05, 3.63) is 0 Å². The number of hydrogen-bond acceptors (Lipinski definition) is 4. The van der Waals surface area contributed by atoms with Gasteiger partial charge in [0.25, 0.3) is 0 Å². The lowest BCUT2D eigenvalue weighted by molar-refractivity contribution is -0.128. The number of piperidine rings is 1. The van der Waals surface area contributed by atoms with Crippen molar-refractivity contribution < 1.29 is 19.1 Å². The van der Waals surface area contributed by atoms with Crippen molar-refractivity contribution in [3.63, 3.8) is 0 Å². The topological polar surface area (TPSA) is 76.7 Å². The van der Waals surface area contributed by atoms with Gasteiger partial charge in [-0.2, -0.15) is 0 Å². The van der Waals surface area contributed by atoms with Crippen molar-refractivity contribution in [2.75, 3.05) is 33.5 Å². The van der Waals surface area contributed by atoms with Crippen LogP contribution < -0.4 is 10.6 Å². The SMILES string of the molecule is COCCOCC(=O)NC1CCC(=O)NC1. The molecule has 0 aromatic rings. The molecule has 1 saturated heterocycles. The number of nitrogens with one attached hydrogen (secondary N) is 2. The zero-order valence-electron chi connectivity index (χ0n) is 9.45. The van der Waals surface area contributed by atoms with Gasteiger partial charge in [0.2, 0.25) is 11.8 Å². The minimum Gasteiger partial charge on any atom is -0.382 e. The molecular weight excluding hydrogens is 212 g/mol. The van der Waals surface area contributed by atoms with E-state index in [0.717, 1.165) is 0 Å². The summed E-state index contributed by atoms with van der Waals surface area (Å²) in [6.07, 6.45) is 1.16. The lowest BCUT2D eigenvalue weighted by Gasteiger charge is -2.23. The Bertz CT molecular complexity index is 235. The summed E-state index contributed by atoms with van der Waals surface area (Å²) in [5.41, 5.74) is 0. The Hall–Kier alpha value is -1.14. The molecule has 0 spiro atoms. The maximum atomic E-state index is 11.4. The van der Waals surface area contributed by atoms with Gasteiger partial charge >= 0.3 is 0 Å². The van der Waals surface area contributed by atoms with E-state index >= 15 is 0 Å². The average molecular weight is 230 g/mol. The number of amides is 2. The first-order valence-electron chi connectivity index (χ1n) is 5.35. The standard InChI is InChI=1S/C10H18N2O4/c1-15-4-5-16-7-10(14)12-8-2-3-9(13)11-6-8/h8H,2-7H2,1H3,(H,11,13)(H,12,14). The third-order valence-electron chi connectivity index (χ3n) is 2.30. The molecule has 1 fully saturated rings. The predicted octanol–water partition coefficient (Wildman–Crippen LogP) is -0.956. The van der Waals surface area contributed by atoms with Gasteiger partial charge in [0.1, 0.15) is 6.61 Å². The number of ether oxygens (including phenoxy) is 2. The van der Waals surface area contributed by atoms with E-state index in [-0.39, 0.29) is 24.5 Å². The molecule has 0 aromatic heterocycles. The van der Waals surface area contributed by atoms with E-state index in [1.807, 2.05) is 0 Å². The first-order chi connectivity index (χ1) is 7.72. The van der Waals surface area contributed by atoms with Crippen LogP contribution >= 0.6 is 0 Å². The molecule has 0 radical (unpaired) electrons. The Morgan fingerprint density at radius 3 is 3.00 bits per heavy atom. The first kappa shape index (κ1) is 12.9. The van der Waals surface area contributed by atoms with Gasteiger partial charge in [0.05, 0.1) is 13.2 Å². The molecule has 2 N–H and O–H groups in total. The zero-order chi connectivity index (χ0) is 11.8. The van der Waals surface area contributed by atoms with E-state index < -0.39 is 0 Å². The Morgan fingerprint density at radius 1 is 1.56 bits per heavy atom. The molecule has 6 heteroatoms. The van der Waals surface area contributed by atoms with Crippen molar-refractivity contribution in [3.8, 4) is 0 Å². The maximum Gasteiger partial charge on any atom is 0.246 e. The Morgan fingerprint density at radius 2 is 2.38 bits per heavy atom. The number of hydrogen-bond donors (Lipinski definition) is 2. The van der Waals surface area contributed by atoms with Gasteiger partial charge in [-0.1, -0.05) is 0 Å². The molecule has 1 rings (SSSR count). The summed E-state index contributed by atoms with van der Waals surface area (Å²) in [6.45, 7) is 1.43. The lowest BCUT2D eigenvalue weighted by atomic mass is 10.1. The molecule has 1 unspecified atom stereocenters. The molecule has 1 heterocycles. The zero-order valence-corrected chi connectivity index (χ0v) is 9.45. The molecule has 16 heavy (non-hydrogen) atoms. The summed E-state index contributed by atoms with van der Waals surface area (Å²) < 4.78 is 9.86. The second-order valence-electron chi connectivity index (χ2n) is 3.65. The van der Waals surface area contributed by atoms with Gasteiger partial charge in [-0.25, -0.2) is 0 Å². The van der Waals surface area contributed by atoms with Crippen molar-refractivity contribution >= 4 is 11.8 Å². The number of methoxy groups -OCH3 is 1. The van der Waals surface area contributed by atoms with Crippen LogP contribution in [0.3, 0.4) is 0 Å². The fourth-order valence-electron chi connectivity index (χ4n) is 1.43. The van der Waals surface area contributed by atoms with Gasteiger partial charge in [-0.3, -0.25) is 9.59 Å². The molecule has 92 valence electrons. The van der Waals surface area contributed by atoms with Gasteiger partial charge < -0.3 is 20.1 Å². The van der Waals surface area contributed by atoms with Crippen LogP contribution in [0.1, 0.15) is 12.8 Å². The van der Waals surface area contributed by atoms with Gasteiger partial charge in [0, 0.05) is 26.1 Å². The highest BCUT2D eigenvalue weighted by molar-refractivity contribution is 5.79. The highest BCUT2D eigenvalue weighted by atomic mass is 16.5. The van der Waals surface area contributed by atoms with Crippen LogP contribution in [0.5, 0.6) is 0 Å². The molecular formula is C10H18N2O4. The molecule has 2 amide bonds. The normalized spacial score (nSPS) is 20.3. The van der Waals surface area contributed by atoms with Crippen molar-refractivity contribution in [1.82, 2.24) is 10.6 Å². The molecule has 1 aliphatic rings. The minimum absolute atomic E-state index is 0.0243. The van der Waals surface area contributed by atoms with E-state index in [4.69, 9.17) is 9.47 Å². The first-order valence-corrected chi connectivity index (χ1v) is 5.35. The monoisotopic (exact) mass is 230 g/mol. The fraction of sp³-hybridized carbons (Fsp3) is 0.800. The van der Waals surface area contributed by atoms with Crippen LogP contribution in [0.15, 0.2) is 0 Å². The number of rotatable bonds is 6. The number of carbonyl (C=O) groups is 2. The Labute approximate surface area is 94.7 Å². The van der Waals surface area contributed by atoms with Crippen LogP contribution in [-0.2, 0) is 19.1 Å². The summed E-state index contributed by atoms with van der Waals surface area (Å²) in [5.74, 6) is -0.112. The van der Waals surface area contributed by atoms with Crippen LogP contribution in [-0.4, -0.2) is 51.3 Å². The molecule has 0 aliphatic carbocycles. The summed E-state index contributed by atoms with van der Waals surface area (Å²) in [6, 6.07) is 0.0243. The third-order valence-corrected chi connectivity index (χ3v) is 2.30. The largest absolute Gasteiger partial charge is 0.382 e. The summed E-state index contributed by atoms with van der Waals surface area (Å²) >= 11 is 0. The highest BCUT2D eigenvalue weighted by Crippen LogP contribution is 2.02. The highest BCUT2D eigenvalue weighted by Gasteiger charge is 2.19. The third kappa shape index (κ3) is 5.09. The van der Waals surface area contributed by atoms with Crippen LogP contribution in [0.4, 0.5) is 0 Å². The van der Waals surface area contributed by atoms with E-state index in [1.165, 1.54) is 0 Å². The van der Waals surface area contributed by atoms with Crippen LogP contribution in [0, 0.1) is 0 Å². The maximum absolute atomic E-state index is 11.4. The molecule has 0 aromatic carbocycles. The van der Waals surface area contributed by atoms with Crippen molar-refractivity contribution in [1.29, 1.82) is 0 Å². The minimum atomic E-state index is -0.155. The van der Waals surface area contributed by atoms with Gasteiger partial charge in [-0.05, 0) is 6.42 Å². The molecule has 1 atom stereocenters. The molecule has 6 nitrogen and oxygen atoms in total. The van der Waals surface area contributed by atoms with Gasteiger partial charge in [-0.15, -0.1) is 0 Å². The van der Waals surface area contributed by atoms with E-state index in [2.05, 4.69) is 10.6 Å². The lowest BCUT2D eigenvalue weighted by Crippen LogP contribution is -2.48. The molecule has 1 aliphatic heterocycles. The molecule has 0 bridgehead atoms. The molecule has 0 saturated carbocycles. The predicted molar refractivity (Wildman–Crippen MR) is 56.9 cm³/mol. The summed E-state index contributed by atoms with van der Waals surface area (Å²) in [7, 11) is 1.58. The Kier molecular flexibility index (Phi) is 5.81. The quantitative estimate of drug-likeness (QED) is 0.576. The summed E-state index contributed by atoms with van der Waals surface area (Å²) in [4.78, 5) is 22.2. The van der Waals surface area contributed by atoms with Crippen molar-refractivity contribution in [2.45, 2.75) is 18.9 Å². The number of carbonyl (C=O) groups excluding carboxylic acids is 2. The second-order valence-corrected chi connectivity index (χ2v) is 3.65. The second kappa shape index (κ2) is 7.19. The van der Waals surface area contributed by atoms with E-state index in [0.29, 0.717) is 32.6 Å². The Balaban J connectivity index is 2.07. The van der Waals surface area contributed by atoms with Gasteiger partial charge in [0.15, 0.2) is 0 Å². The summed E-state index contributed by atoms with van der Waals surface area (Å²) in [5, 5.41) is 5.50. The van der Waals surface area contributed by atoms with Crippen LogP contribution in [0.2, 0.25) is 0 Å². The average Bonchev–Trinajstić information content (AvgIpc) is 2.28. The van der Waals surface area contributed by atoms with Crippen molar-refractivity contribution in [2.24, 2.45) is 0 Å². The fourth-order valence-corrected chi connectivity index (χ4v) is 1.43. The van der Waals surface area contributed by atoms with E-state index in [1.54, 1.807) is 7.11 Å². The van der Waals surface area contributed by atoms with E-state index in [9.17, 15) is 9.59 Å². The smallest absolute Gasteiger partial charge is 0.246 e.